The van der Waals surface area contributed by atoms with Crippen molar-refractivity contribution in [1.82, 2.24) is 0 Å². The Labute approximate surface area is 108 Å². The predicted octanol–water partition coefficient (Wildman–Crippen LogP) is 3.61. The molecule has 0 radical (unpaired) electrons. The Morgan fingerprint density at radius 3 is 2.61 bits per heavy atom. The number of benzene rings is 1. The van der Waals surface area contributed by atoms with Crippen molar-refractivity contribution in [3.63, 3.8) is 0 Å². The van der Waals surface area contributed by atoms with Crippen molar-refractivity contribution in [1.29, 1.82) is 0 Å². The lowest BCUT2D eigenvalue weighted by molar-refractivity contribution is -0.138. The molecule has 0 heterocycles. The Kier molecular flexibility index (Phi) is 5.98. The molecule has 0 unspecified atom stereocenters. The number of carbonyl (C=O) groups is 1. The van der Waals surface area contributed by atoms with E-state index >= 15 is 0 Å². The van der Waals surface area contributed by atoms with Crippen molar-refractivity contribution in [2.45, 2.75) is 32.8 Å². The summed E-state index contributed by atoms with van der Waals surface area (Å²) in [5.41, 5.74) is 1.06. The van der Waals surface area contributed by atoms with Crippen LogP contribution in [0.2, 0.25) is 0 Å². The van der Waals surface area contributed by atoms with Crippen LogP contribution in [0.5, 0.6) is 0 Å². The van der Waals surface area contributed by atoms with Crippen molar-refractivity contribution in [2.24, 2.45) is 5.92 Å². The van der Waals surface area contributed by atoms with Gasteiger partial charge in [-0.1, -0.05) is 50.3 Å². The van der Waals surface area contributed by atoms with E-state index in [0.717, 1.165) is 18.4 Å². The lowest BCUT2D eigenvalue weighted by atomic mass is 9.98. The van der Waals surface area contributed by atoms with Crippen molar-refractivity contribution < 1.29 is 14.6 Å². The fraction of sp³-hybridized carbons (Fsp3) is 0.400. The molecule has 0 aliphatic rings. The molecule has 0 saturated heterocycles. The minimum absolute atomic E-state index is 0.0848. The Hall–Kier alpha value is -1.77. The summed E-state index contributed by atoms with van der Waals surface area (Å²) in [6.45, 7) is 6.33. The molecule has 0 amide bonds. The minimum atomic E-state index is -0.807. The zero-order valence-corrected chi connectivity index (χ0v) is 10.8. The Bertz CT molecular complexity index is 384. The van der Waals surface area contributed by atoms with Crippen molar-refractivity contribution in [2.75, 3.05) is 0 Å². The van der Waals surface area contributed by atoms with E-state index in [0.29, 0.717) is 12.4 Å². The van der Waals surface area contributed by atoms with Crippen LogP contribution in [0.4, 0.5) is 0 Å². The molecule has 1 N–H and O–H groups in total. The Morgan fingerprint density at radius 2 is 2.06 bits per heavy atom. The molecular formula is C15H20O3. The summed E-state index contributed by atoms with van der Waals surface area (Å²) >= 11 is 0. The third kappa shape index (κ3) is 5.04. The summed E-state index contributed by atoms with van der Waals surface area (Å²) in [7, 11) is 0. The molecule has 0 aliphatic heterocycles. The highest BCUT2D eigenvalue weighted by Crippen LogP contribution is 2.21. The lowest BCUT2D eigenvalue weighted by Gasteiger charge is -2.18. The maximum atomic E-state index is 10.8. The van der Waals surface area contributed by atoms with E-state index in [2.05, 4.69) is 6.58 Å². The van der Waals surface area contributed by atoms with Gasteiger partial charge in [0.15, 0.2) is 0 Å². The van der Waals surface area contributed by atoms with Crippen molar-refractivity contribution in [3.8, 4) is 0 Å². The van der Waals surface area contributed by atoms with Gasteiger partial charge in [-0.05, 0) is 12.0 Å². The molecular weight excluding hydrogens is 228 g/mol. The van der Waals surface area contributed by atoms with Crippen LogP contribution in [0.3, 0.4) is 0 Å². The first-order valence-corrected chi connectivity index (χ1v) is 6.20. The number of rotatable bonds is 8. The summed E-state index contributed by atoms with van der Waals surface area (Å²) < 4.78 is 5.59. The van der Waals surface area contributed by atoms with Crippen LogP contribution >= 0.6 is 0 Å². The van der Waals surface area contributed by atoms with E-state index < -0.39 is 5.97 Å². The topological polar surface area (TPSA) is 46.5 Å². The van der Waals surface area contributed by atoms with Gasteiger partial charge >= 0.3 is 5.97 Å². The van der Waals surface area contributed by atoms with Gasteiger partial charge in [0, 0.05) is 5.92 Å². The molecule has 18 heavy (non-hydrogen) atoms. The Balaban J connectivity index is 2.48. The van der Waals surface area contributed by atoms with Crippen LogP contribution in [0.1, 0.15) is 31.7 Å². The second-order valence-electron chi connectivity index (χ2n) is 4.32. The molecule has 1 atom stereocenters. The minimum Gasteiger partial charge on any atom is -0.494 e. The molecule has 0 aliphatic carbocycles. The average molecular weight is 248 g/mol. The van der Waals surface area contributed by atoms with Crippen LogP contribution in [0, 0.1) is 5.92 Å². The average Bonchev–Trinajstić information content (AvgIpc) is 2.36. The highest BCUT2D eigenvalue weighted by atomic mass is 16.5. The van der Waals surface area contributed by atoms with Crippen LogP contribution in [-0.4, -0.2) is 11.1 Å². The van der Waals surface area contributed by atoms with Gasteiger partial charge in [0.2, 0.25) is 0 Å². The third-order valence-electron chi connectivity index (χ3n) is 2.78. The maximum absolute atomic E-state index is 10.8. The second-order valence-corrected chi connectivity index (χ2v) is 4.32. The number of hydrogen-bond donors (Lipinski definition) is 1. The van der Waals surface area contributed by atoms with Gasteiger partial charge in [-0.25, -0.2) is 0 Å². The first-order chi connectivity index (χ1) is 8.63. The van der Waals surface area contributed by atoms with E-state index in [-0.39, 0.29) is 12.3 Å². The first kappa shape index (κ1) is 14.3. The maximum Gasteiger partial charge on any atom is 0.304 e. The Morgan fingerprint density at radius 1 is 1.39 bits per heavy atom. The van der Waals surface area contributed by atoms with Gasteiger partial charge in [-0.3, -0.25) is 4.79 Å². The molecule has 1 rings (SSSR count). The molecule has 3 nitrogen and oxygen atoms in total. The fourth-order valence-electron chi connectivity index (χ4n) is 1.80. The van der Waals surface area contributed by atoms with Gasteiger partial charge in [0.05, 0.1) is 12.2 Å². The summed E-state index contributed by atoms with van der Waals surface area (Å²) in [5, 5.41) is 8.85. The van der Waals surface area contributed by atoms with Gasteiger partial charge < -0.3 is 9.84 Å². The number of ether oxygens (including phenoxy) is 1. The number of hydrogen-bond acceptors (Lipinski definition) is 2. The monoisotopic (exact) mass is 248 g/mol. The highest BCUT2D eigenvalue weighted by molar-refractivity contribution is 5.67. The van der Waals surface area contributed by atoms with Crippen LogP contribution in [0.15, 0.2) is 42.7 Å². The molecule has 3 heteroatoms. The first-order valence-electron chi connectivity index (χ1n) is 6.20. The number of allylic oxidation sites excluding steroid dienone is 1. The largest absolute Gasteiger partial charge is 0.494 e. The smallest absolute Gasteiger partial charge is 0.304 e. The highest BCUT2D eigenvalue weighted by Gasteiger charge is 2.17. The van der Waals surface area contributed by atoms with Gasteiger partial charge in [0.1, 0.15) is 6.61 Å². The van der Waals surface area contributed by atoms with Gasteiger partial charge in [-0.15, -0.1) is 0 Å². The molecule has 0 aromatic heterocycles. The quantitative estimate of drug-likeness (QED) is 0.715. The number of aliphatic carboxylic acids is 1. The van der Waals surface area contributed by atoms with E-state index in [1.807, 2.05) is 37.3 Å². The normalized spacial score (nSPS) is 11.8. The summed E-state index contributed by atoms with van der Waals surface area (Å²) in [5.74, 6) is -0.336. The SMILES string of the molecule is C=C(OCc1ccccc1)[C@H](CCC)CC(=O)O. The van der Waals surface area contributed by atoms with Crippen LogP contribution in [0.25, 0.3) is 0 Å². The zero-order valence-electron chi connectivity index (χ0n) is 10.8. The van der Waals surface area contributed by atoms with Crippen LogP contribution in [-0.2, 0) is 16.1 Å². The summed E-state index contributed by atoms with van der Waals surface area (Å²) in [6.07, 6.45) is 1.80. The molecule has 0 saturated carbocycles. The fourth-order valence-corrected chi connectivity index (χ4v) is 1.80. The molecule has 98 valence electrons. The van der Waals surface area contributed by atoms with E-state index in [1.54, 1.807) is 0 Å². The molecule has 0 spiro atoms. The van der Waals surface area contributed by atoms with E-state index in [1.165, 1.54) is 0 Å². The predicted molar refractivity (Wildman–Crippen MR) is 71.0 cm³/mol. The molecule has 1 aromatic carbocycles. The molecule has 0 bridgehead atoms. The zero-order chi connectivity index (χ0) is 13.4. The van der Waals surface area contributed by atoms with Crippen LogP contribution < -0.4 is 0 Å². The number of carboxylic acids is 1. The molecule has 1 aromatic rings. The summed E-state index contributed by atoms with van der Waals surface area (Å²) in [6, 6.07) is 9.78. The number of carboxylic acid groups (broad SMARTS) is 1. The van der Waals surface area contributed by atoms with E-state index in [4.69, 9.17) is 9.84 Å². The standard InChI is InChI=1S/C15H20O3/c1-3-7-14(10-15(16)17)12(2)18-11-13-8-5-4-6-9-13/h4-6,8-9,14H,2-3,7,10-11H2,1H3,(H,16,17)/t14-/m1/s1. The van der Waals surface area contributed by atoms with Crippen molar-refractivity contribution >= 4 is 5.97 Å². The second kappa shape index (κ2) is 7.54. The van der Waals surface area contributed by atoms with E-state index in [9.17, 15) is 4.79 Å². The summed E-state index contributed by atoms with van der Waals surface area (Å²) in [4.78, 5) is 10.8. The van der Waals surface area contributed by atoms with Gasteiger partial charge in [-0.2, -0.15) is 0 Å². The molecule has 0 fully saturated rings. The van der Waals surface area contributed by atoms with Gasteiger partial charge in [0.25, 0.3) is 0 Å². The van der Waals surface area contributed by atoms with Crippen molar-refractivity contribution in [3.05, 3.63) is 48.2 Å². The lowest BCUT2D eigenvalue weighted by Crippen LogP contribution is -2.12. The third-order valence-corrected chi connectivity index (χ3v) is 2.78.